The van der Waals surface area contributed by atoms with Gasteiger partial charge in [-0.1, -0.05) is 12.0 Å². The van der Waals surface area contributed by atoms with Crippen molar-refractivity contribution in [3.05, 3.63) is 56.0 Å². The molecule has 12 heteroatoms. The van der Waals surface area contributed by atoms with Crippen LogP contribution in [0.3, 0.4) is 0 Å². The summed E-state index contributed by atoms with van der Waals surface area (Å²) in [6.07, 6.45) is 2.04. The summed E-state index contributed by atoms with van der Waals surface area (Å²) in [7, 11) is 1.23. The topological polar surface area (TPSA) is 84.9 Å². The molecular weight excluding hydrogens is 600 g/mol. The van der Waals surface area contributed by atoms with E-state index in [1.807, 2.05) is 22.6 Å². The normalized spacial score (nSPS) is 14.7. The quantitative estimate of drug-likeness (QED) is 0.268. The molecule has 1 aliphatic heterocycles. The predicted molar refractivity (Wildman–Crippen MR) is 133 cm³/mol. The Labute approximate surface area is 216 Å². The molecular formula is C23H16F3IN2O5S. The van der Waals surface area contributed by atoms with Gasteiger partial charge in [-0.25, -0.2) is 0 Å². The Kier molecular flexibility index (Phi) is 8.34. The highest BCUT2D eigenvalue weighted by atomic mass is 127. The van der Waals surface area contributed by atoms with Gasteiger partial charge in [-0.15, -0.1) is 6.42 Å². The van der Waals surface area contributed by atoms with E-state index in [2.05, 4.69) is 11.2 Å². The summed E-state index contributed by atoms with van der Waals surface area (Å²) in [5.41, 5.74) is -0.615. The van der Waals surface area contributed by atoms with Gasteiger partial charge in [0.1, 0.15) is 24.7 Å². The zero-order chi connectivity index (χ0) is 25.8. The minimum absolute atomic E-state index is 0.00958. The minimum atomic E-state index is -4.63. The summed E-state index contributed by atoms with van der Waals surface area (Å²) in [6.45, 7) is -0.583. The third kappa shape index (κ3) is 6.49. The second-order valence-electron chi connectivity index (χ2n) is 6.91. The number of benzene rings is 2. The molecule has 0 bridgehead atoms. The van der Waals surface area contributed by atoms with E-state index in [1.165, 1.54) is 13.2 Å². The number of imide groups is 1. The average molecular weight is 616 g/mol. The maximum Gasteiger partial charge on any atom is 0.416 e. The summed E-state index contributed by atoms with van der Waals surface area (Å²) >= 11 is 2.69. The number of amides is 3. The predicted octanol–water partition coefficient (Wildman–Crippen LogP) is 5.01. The molecule has 182 valence electrons. The van der Waals surface area contributed by atoms with Crippen LogP contribution in [0.5, 0.6) is 11.5 Å². The molecule has 1 aliphatic rings. The van der Waals surface area contributed by atoms with Crippen LogP contribution in [0.15, 0.2) is 41.3 Å². The number of alkyl halides is 3. The number of thioether (sulfide) groups is 1. The smallest absolute Gasteiger partial charge is 0.416 e. The lowest BCUT2D eigenvalue weighted by Crippen LogP contribution is -2.36. The summed E-state index contributed by atoms with van der Waals surface area (Å²) in [6, 6.07) is 7.66. The fourth-order valence-electron chi connectivity index (χ4n) is 2.95. The molecule has 1 heterocycles. The van der Waals surface area contributed by atoms with Crippen molar-refractivity contribution in [2.24, 2.45) is 0 Å². The third-order valence-electron chi connectivity index (χ3n) is 4.54. The number of carbonyl (C=O) groups is 3. The fraction of sp³-hybridized carbons (Fsp3) is 0.174. The Morgan fingerprint density at radius 2 is 1.94 bits per heavy atom. The van der Waals surface area contributed by atoms with Crippen LogP contribution in [0, 0.1) is 15.9 Å². The first-order chi connectivity index (χ1) is 16.5. The van der Waals surface area contributed by atoms with Gasteiger partial charge in [0.25, 0.3) is 11.1 Å². The van der Waals surface area contributed by atoms with E-state index in [0.29, 0.717) is 34.0 Å². The monoisotopic (exact) mass is 616 g/mol. The SMILES string of the molecule is C#CCOc1ccc(/C=C2\SC(=O)N(CC(=O)Nc3cc(C(F)(F)F)ccc3OC)C2=O)cc1I. The van der Waals surface area contributed by atoms with Crippen LogP contribution in [-0.4, -0.2) is 42.2 Å². The van der Waals surface area contributed by atoms with Gasteiger partial charge < -0.3 is 14.8 Å². The van der Waals surface area contributed by atoms with Gasteiger partial charge in [0.05, 0.1) is 26.8 Å². The highest BCUT2D eigenvalue weighted by Crippen LogP contribution is 2.36. The second-order valence-corrected chi connectivity index (χ2v) is 9.07. The van der Waals surface area contributed by atoms with Crippen molar-refractivity contribution >= 4 is 63.2 Å². The van der Waals surface area contributed by atoms with Crippen LogP contribution in [0.4, 0.5) is 23.7 Å². The van der Waals surface area contributed by atoms with Crippen molar-refractivity contribution in [1.29, 1.82) is 0 Å². The number of hydrogen-bond acceptors (Lipinski definition) is 6. The molecule has 35 heavy (non-hydrogen) atoms. The average Bonchev–Trinajstić information content (AvgIpc) is 3.05. The first-order valence-corrected chi connectivity index (χ1v) is 11.6. The minimum Gasteiger partial charge on any atom is -0.495 e. The van der Waals surface area contributed by atoms with E-state index < -0.39 is 35.3 Å². The van der Waals surface area contributed by atoms with Crippen molar-refractivity contribution in [2.45, 2.75) is 6.18 Å². The molecule has 2 aromatic carbocycles. The van der Waals surface area contributed by atoms with Crippen LogP contribution in [-0.2, 0) is 15.8 Å². The number of carbonyl (C=O) groups excluding carboxylic acids is 3. The van der Waals surface area contributed by atoms with Crippen molar-refractivity contribution in [2.75, 3.05) is 25.6 Å². The van der Waals surface area contributed by atoms with Crippen LogP contribution in [0.2, 0.25) is 0 Å². The molecule has 0 saturated carbocycles. The molecule has 2 aromatic rings. The summed E-state index contributed by atoms with van der Waals surface area (Å²) in [4.78, 5) is 38.3. The zero-order valence-corrected chi connectivity index (χ0v) is 20.9. The van der Waals surface area contributed by atoms with Crippen LogP contribution >= 0.6 is 34.4 Å². The lowest BCUT2D eigenvalue weighted by molar-refractivity contribution is -0.137. The molecule has 3 amide bonds. The number of nitrogens with one attached hydrogen (secondary N) is 1. The lowest BCUT2D eigenvalue weighted by atomic mass is 10.1. The molecule has 0 unspecified atom stereocenters. The number of methoxy groups -OCH3 is 1. The van der Waals surface area contributed by atoms with E-state index in [-0.39, 0.29) is 22.9 Å². The Morgan fingerprint density at radius 3 is 2.57 bits per heavy atom. The molecule has 0 radical (unpaired) electrons. The van der Waals surface area contributed by atoms with Gasteiger partial charge in [0.2, 0.25) is 5.91 Å². The van der Waals surface area contributed by atoms with Gasteiger partial charge in [-0.2, -0.15) is 13.2 Å². The van der Waals surface area contributed by atoms with Gasteiger partial charge in [-0.05, 0) is 76.3 Å². The number of nitrogens with zero attached hydrogens (tertiary/aromatic N) is 1. The Morgan fingerprint density at radius 1 is 1.23 bits per heavy atom. The summed E-state index contributed by atoms with van der Waals surface area (Å²) < 4.78 is 50.2. The highest BCUT2D eigenvalue weighted by molar-refractivity contribution is 14.1. The molecule has 3 rings (SSSR count). The number of hydrogen-bond donors (Lipinski definition) is 1. The molecule has 1 saturated heterocycles. The second kappa shape index (κ2) is 11.0. The molecule has 7 nitrogen and oxygen atoms in total. The number of anilines is 1. The largest absolute Gasteiger partial charge is 0.495 e. The number of ether oxygens (including phenoxy) is 2. The standard InChI is InChI=1S/C23H16F3IN2O5S/c1-3-8-34-17-6-4-13(9-15(17)27)10-19-21(31)29(22(32)35-19)12-20(30)28-16-11-14(23(24,25)26)5-7-18(16)33-2/h1,4-7,9-11H,8,12H2,2H3,(H,28,30)/b19-10-. The van der Waals surface area contributed by atoms with Crippen molar-refractivity contribution in [3.8, 4) is 23.8 Å². The first-order valence-electron chi connectivity index (χ1n) is 9.69. The number of halogens is 4. The lowest BCUT2D eigenvalue weighted by Gasteiger charge is -2.16. The van der Waals surface area contributed by atoms with Crippen LogP contribution in [0.1, 0.15) is 11.1 Å². The summed E-state index contributed by atoms with van der Waals surface area (Å²) in [5.74, 6) is 1.35. The molecule has 0 aromatic heterocycles. The van der Waals surface area contributed by atoms with Gasteiger partial charge in [0.15, 0.2) is 0 Å². The van der Waals surface area contributed by atoms with Crippen molar-refractivity contribution < 1.29 is 37.0 Å². The molecule has 1 fully saturated rings. The molecule has 1 N–H and O–H groups in total. The van der Waals surface area contributed by atoms with Crippen LogP contribution < -0.4 is 14.8 Å². The Hall–Kier alpha value is -3.18. The maximum atomic E-state index is 13.0. The van der Waals surface area contributed by atoms with Gasteiger partial charge >= 0.3 is 6.18 Å². The van der Waals surface area contributed by atoms with E-state index >= 15 is 0 Å². The molecule has 0 spiro atoms. The number of rotatable bonds is 7. The van der Waals surface area contributed by atoms with E-state index in [1.54, 1.807) is 18.2 Å². The van der Waals surface area contributed by atoms with Crippen molar-refractivity contribution in [1.82, 2.24) is 4.90 Å². The van der Waals surface area contributed by atoms with Gasteiger partial charge in [0, 0.05) is 0 Å². The molecule has 0 atom stereocenters. The summed E-state index contributed by atoms with van der Waals surface area (Å²) in [5, 5.41) is 1.59. The van der Waals surface area contributed by atoms with Gasteiger partial charge in [-0.3, -0.25) is 19.3 Å². The zero-order valence-electron chi connectivity index (χ0n) is 17.9. The molecule has 0 aliphatic carbocycles. The van der Waals surface area contributed by atoms with E-state index in [9.17, 15) is 27.6 Å². The van der Waals surface area contributed by atoms with E-state index in [0.717, 1.165) is 15.7 Å². The third-order valence-corrected chi connectivity index (χ3v) is 6.29. The van der Waals surface area contributed by atoms with Crippen LogP contribution in [0.25, 0.3) is 6.08 Å². The fourth-order valence-corrected chi connectivity index (χ4v) is 4.48. The number of terminal acetylenes is 1. The maximum absolute atomic E-state index is 13.0. The van der Waals surface area contributed by atoms with E-state index in [4.69, 9.17) is 15.9 Å². The first kappa shape index (κ1) is 26.4. The Bertz CT molecular complexity index is 1260. The van der Waals surface area contributed by atoms with Crippen molar-refractivity contribution in [3.63, 3.8) is 0 Å². The Balaban J connectivity index is 1.73. The highest BCUT2D eigenvalue weighted by Gasteiger charge is 2.37.